The molecule has 3 aliphatic heterocycles. The molecule has 3 fully saturated rings. The number of hydrogen-bond acceptors (Lipinski definition) is 18. The van der Waals surface area contributed by atoms with Gasteiger partial charge in [0.15, 0.2) is 18.9 Å². The number of aliphatic hydroxyl groups excluding tert-OH is 11. The Bertz CT molecular complexity index is 1370. The average Bonchev–Trinajstić information content (AvgIpc) is 3.40. The first-order chi connectivity index (χ1) is 35.8. The number of amides is 1. The molecule has 19 heteroatoms. The summed E-state index contributed by atoms with van der Waals surface area (Å²) in [5.41, 5.74) is 0. The summed E-state index contributed by atoms with van der Waals surface area (Å²) in [6.07, 6.45) is 9.10. The second kappa shape index (κ2) is 40.0. The van der Waals surface area contributed by atoms with Gasteiger partial charge in [0.1, 0.15) is 73.2 Å². The summed E-state index contributed by atoms with van der Waals surface area (Å²) in [6, 6.07) is -0.878. The first-order valence-corrected chi connectivity index (χ1v) is 29.3. The monoisotopic (exact) mass is 1070 g/mol. The van der Waals surface area contributed by atoms with Crippen LogP contribution in [0.3, 0.4) is 0 Å². The topological polar surface area (TPSA) is 307 Å². The summed E-state index contributed by atoms with van der Waals surface area (Å²) in [4.78, 5) is 13.3. The van der Waals surface area contributed by atoms with Crippen LogP contribution in [0.4, 0.5) is 0 Å². The van der Waals surface area contributed by atoms with Crippen molar-refractivity contribution >= 4 is 5.91 Å². The number of ether oxygens (including phenoxy) is 6. The Kier molecular flexibility index (Phi) is 36.3. The number of aliphatic hydroxyl groups is 11. The van der Waals surface area contributed by atoms with E-state index in [1.807, 2.05) is 0 Å². The molecule has 0 bridgehead atoms. The fraction of sp³-hybridized carbons (Fsp3) is 0.982. The van der Waals surface area contributed by atoms with E-state index in [1.165, 1.54) is 135 Å². The van der Waals surface area contributed by atoms with Crippen molar-refractivity contribution < 1.29 is 89.4 Å². The number of hydrogen-bond donors (Lipinski definition) is 12. The molecule has 74 heavy (non-hydrogen) atoms. The van der Waals surface area contributed by atoms with Gasteiger partial charge in [0.2, 0.25) is 5.91 Å². The second-order valence-corrected chi connectivity index (χ2v) is 21.5. The third-order valence-corrected chi connectivity index (χ3v) is 15.2. The predicted molar refractivity (Wildman–Crippen MR) is 277 cm³/mol. The van der Waals surface area contributed by atoms with Gasteiger partial charge in [0.05, 0.1) is 38.6 Å². The first-order valence-electron chi connectivity index (χ1n) is 29.3. The number of carbonyl (C=O) groups excluding carboxylic acids is 1. The molecule has 0 radical (unpaired) electrons. The average molecular weight is 1070 g/mol. The van der Waals surface area contributed by atoms with E-state index in [0.717, 1.165) is 44.9 Å². The van der Waals surface area contributed by atoms with Crippen molar-refractivity contribution in [3.63, 3.8) is 0 Å². The van der Waals surface area contributed by atoms with E-state index < -0.39 is 124 Å². The summed E-state index contributed by atoms with van der Waals surface area (Å²) in [7, 11) is 0. The highest BCUT2D eigenvalue weighted by atomic mass is 16.8. The van der Waals surface area contributed by atoms with Gasteiger partial charge in [-0.25, -0.2) is 0 Å². The lowest BCUT2D eigenvalue weighted by atomic mass is 9.96. The summed E-state index contributed by atoms with van der Waals surface area (Å²) >= 11 is 0. The zero-order valence-corrected chi connectivity index (χ0v) is 45.3. The van der Waals surface area contributed by atoms with Crippen molar-refractivity contribution in [2.45, 2.75) is 317 Å². The third kappa shape index (κ3) is 24.4. The Balaban J connectivity index is 1.50. The van der Waals surface area contributed by atoms with Crippen molar-refractivity contribution in [2.75, 3.05) is 26.4 Å². The zero-order chi connectivity index (χ0) is 54.1. The molecule has 0 aromatic rings. The molecule has 19 nitrogen and oxygen atoms in total. The maximum atomic E-state index is 13.3. The molecule has 0 spiro atoms. The third-order valence-electron chi connectivity index (χ3n) is 15.2. The SMILES string of the molecule is CCCCCCCCCCCCCCCCCCCCC(O)C(COC1OC(CO)C(OC2OC(CO)C(OC3OC(CO)C(O)C(O)C3O)C(O)C2O)C(O)C1O)NC(=O)CCCCCCCCCCCCC. The van der Waals surface area contributed by atoms with Crippen molar-refractivity contribution in [2.24, 2.45) is 0 Å². The van der Waals surface area contributed by atoms with Crippen molar-refractivity contribution in [3.05, 3.63) is 0 Å². The Labute approximate surface area is 443 Å². The first kappa shape index (κ1) is 67.1. The number of rotatable bonds is 43. The van der Waals surface area contributed by atoms with Crippen LogP contribution < -0.4 is 5.32 Å². The predicted octanol–water partition coefficient (Wildman–Crippen LogP) is 4.43. The van der Waals surface area contributed by atoms with Crippen LogP contribution in [0.15, 0.2) is 0 Å². The summed E-state index contributed by atoms with van der Waals surface area (Å²) in [5, 5.41) is 120. The number of unbranched alkanes of at least 4 members (excludes halogenated alkanes) is 27. The van der Waals surface area contributed by atoms with Crippen LogP contribution in [0.1, 0.15) is 213 Å². The second-order valence-electron chi connectivity index (χ2n) is 21.5. The molecule has 0 aliphatic carbocycles. The molecule has 3 saturated heterocycles. The van der Waals surface area contributed by atoms with Crippen LogP contribution in [-0.4, -0.2) is 193 Å². The molecular weight excluding hydrogens is 963 g/mol. The highest BCUT2D eigenvalue weighted by molar-refractivity contribution is 5.76. The molecule has 3 heterocycles. The molecule has 17 atom stereocenters. The van der Waals surface area contributed by atoms with Crippen molar-refractivity contribution in [1.29, 1.82) is 0 Å². The maximum Gasteiger partial charge on any atom is 0.220 e. The number of carbonyl (C=O) groups is 1. The maximum absolute atomic E-state index is 13.3. The normalized spacial score (nSPS) is 31.4. The molecule has 0 saturated carbocycles. The van der Waals surface area contributed by atoms with Gasteiger partial charge in [-0.2, -0.15) is 0 Å². The van der Waals surface area contributed by atoms with E-state index >= 15 is 0 Å². The van der Waals surface area contributed by atoms with E-state index in [1.54, 1.807) is 0 Å². The zero-order valence-electron chi connectivity index (χ0n) is 45.3. The Morgan fingerprint density at radius 2 is 0.770 bits per heavy atom. The Morgan fingerprint density at radius 1 is 0.432 bits per heavy atom. The lowest BCUT2D eigenvalue weighted by Crippen LogP contribution is -2.66. The summed E-state index contributed by atoms with van der Waals surface area (Å²) < 4.78 is 34.3. The minimum atomic E-state index is -1.97. The molecule has 3 aliphatic rings. The molecule has 12 N–H and O–H groups in total. The smallest absolute Gasteiger partial charge is 0.220 e. The Hall–Kier alpha value is -1.21. The summed E-state index contributed by atoms with van der Waals surface area (Å²) in [5.74, 6) is -0.242. The van der Waals surface area contributed by atoms with E-state index in [2.05, 4.69) is 19.2 Å². The van der Waals surface area contributed by atoms with Crippen LogP contribution >= 0.6 is 0 Å². The van der Waals surface area contributed by atoms with Crippen LogP contribution in [0.5, 0.6) is 0 Å². The fourth-order valence-electron chi connectivity index (χ4n) is 10.3. The van der Waals surface area contributed by atoms with Gasteiger partial charge >= 0.3 is 0 Å². The molecule has 17 unspecified atom stereocenters. The lowest BCUT2D eigenvalue weighted by molar-refractivity contribution is -0.379. The summed E-state index contributed by atoms with van der Waals surface area (Å²) in [6.45, 7) is 1.78. The van der Waals surface area contributed by atoms with Gasteiger partial charge in [-0.15, -0.1) is 0 Å². The lowest BCUT2D eigenvalue weighted by Gasteiger charge is -2.48. The van der Waals surface area contributed by atoms with Gasteiger partial charge in [-0.3, -0.25) is 4.79 Å². The van der Waals surface area contributed by atoms with E-state index in [4.69, 9.17) is 28.4 Å². The van der Waals surface area contributed by atoms with E-state index in [9.17, 15) is 61.0 Å². The minimum Gasteiger partial charge on any atom is -0.394 e. The van der Waals surface area contributed by atoms with Gasteiger partial charge in [0.25, 0.3) is 0 Å². The van der Waals surface area contributed by atoms with E-state index in [-0.39, 0.29) is 18.9 Å². The molecule has 1 amide bonds. The highest BCUT2D eigenvalue weighted by Crippen LogP contribution is 2.33. The molecule has 438 valence electrons. The largest absolute Gasteiger partial charge is 0.394 e. The standard InChI is InChI=1S/C55H105NO18/c1-3-5-7-9-11-13-15-16-17-18-19-20-21-23-24-26-28-30-32-39(60)38(56-43(61)33-31-29-27-25-22-14-12-10-8-6-4-2)37-69-53-49(67)46(64)51(41(35-58)71-53)74-55-50(68)47(65)52(42(36-59)72-55)73-54-48(66)45(63)44(62)40(34-57)70-54/h38-42,44-55,57-60,62-68H,3-37H2,1-2H3,(H,56,61). The fourth-order valence-corrected chi connectivity index (χ4v) is 10.3. The van der Waals surface area contributed by atoms with Gasteiger partial charge < -0.3 is 89.9 Å². The highest BCUT2D eigenvalue weighted by Gasteiger charge is 2.53. The van der Waals surface area contributed by atoms with Gasteiger partial charge in [-0.05, 0) is 12.8 Å². The van der Waals surface area contributed by atoms with Gasteiger partial charge in [-0.1, -0.05) is 194 Å². The molecule has 0 aromatic carbocycles. The molecular formula is C55H105NO18. The molecule has 3 rings (SSSR count). The van der Waals surface area contributed by atoms with E-state index in [0.29, 0.717) is 12.8 Å². The van der Waals surface area contributed by atoms with Gasteiger partial charge in [0, 0.05) is 6.42 Å². The van der Waals surface area contributed by atoms with Crippen molar-refractivity contribution in [1.82, 2.24) is 5.32 Å². The Morgan fingerprint density at radius 3 is 1.18 bits per heavy atom. The van der Waals surface area contributed by atoms with Crippen LogP contribution in [0.2, 0.25) is 0 Å². The molecule has 0 aromatic heterocycles. The quantitative estimate of drug-likeness (QED) is 0.0376. The minimum absolute atomic E-state index is 0.242. The van der Waals surface area contributed by atoms with Crippen LogP contribution in [0, 0.1) is 0 Å². The van der Waals surface area contributed by atoms with Crippen molar-refractivity contribution in [3.8, 4) is 0 Å². The van der Waals surface area contributed by atoms with Crippen LogP contribution in [-0.2, 0) is 33.2 Å². The number of nitrogens with one attached hydrogen (secondary N) is 1. The van der Waals surface area contributed by atoms with Crippen LogP contribution in [0.25, 0.3) is 0 Å².